The van der Waals surface area contributed by atoms with Gasteiger partial charge in [0.25, 0.3) is 5.22 Å². The molecule has 1 N–H and O–H groups in total. The van der Waals surface area contributed by atoms with Crippen LogP contribution in [0.1, 0.15) is 31.1 Å². The summed E-state index contributed by atoms with van der Waals surface area (Å²) >= 11 is 1.18. The summed E-state index contributed by atoms with van der Waals surface area (Å²) in [5.41, 5.74) is 0. The van der Waals surface area contributed by atoms with Crippen LogP contribution >= 0.6 is 11.8 Å². The van der Waals surface area contributed by atoms with E-state index in [1.165, 1.54) is 11.8 Å². The maximum absolute atomic E-state index is 11.7. The third-order valence-electron chi connectivity index (χ3n) is 3.27. The van der Waals surface area contributed by atoms with Crippen LogP contribution in [0.5, 0.6) is 0 Å². The lowest BCUT2D eigenvalue weighted by Crippen LogP contribution is -2.36. The monoisotopic (exact) mass is 317 g/mol. The van der Waals surface area contributed by atoms with Crippen LogP contribution in [0.25, 0.3) is 0 Å². The van der Waals surface area contributed by atoms with E-state index in [0.29, 0.717) is 23.5 Å². The molecule has 20 heavy (non-hydrogen) atoms. The van der Waals surface area contributed by atoms with Gasteiger partial charge in [-0.05, 0) is 19.3 Å². The average molecular weight is 317 g/mol. The van der Waals surface area contributed by atoms with Crippen molar-refractivity contribution < 1.29 is 17.6 Å². The van der Waals surface area contributed by atoms with E-state index in [1.807, 2.05) is 0 Å². The van der Waals surface area contributed by atoms with Crippen LogP contribution < -0.4 is 5.32 Å². The molecule has 110 valence electrons. The highest BCUT2D eigenvalue weighted by Gasteiger charge is 2.30. The van der Waals surface area contributed by atoms with Gasteiger partial charge in [-0.3, -0.25) is 4.79 Å². The van der Waals surface area contributed by atoms with Crippen LogP contribution in [0.3, 0.4) is 0 Å². The van der Waals surface area contributed by atoms with Crippen molar-refractivity contribution in [2.45, 2.75) is 36.4 Å². The highest BCUT2D eigenvalue weighted by Crippen LogP contribution is 2.39. The Hall–Kier alpha value is -1.09. The number of hydrogen-bond acceptors (Lipinski definition) is 7. The van der Waals surface area contributed by atoms with Crippen molar-refractivity contribution in [1.82, 2.24) is 15.5 Å². The molecule has 2 fully saturated rings. The maximum atomic E-state index is 11.7. The quantitative estimate of drug-likeness (QED) is 0.781. The molecule has 1 aliphatic heterocycles. The van der Waals surface area contributed by atoms with Crippen LogP contribution in [-0.2, 0) is 14.6 Å². The Morgan fingerprint density at radius 1 is 1.35 bits per heavy atom. The first kappa shape index (κ1) is 13.9. The minimum atomic E-state index is -2.97. The van der Waals surface area contributed by atoms with E-state index in [9.17, 15) is 13.2 Å². The minimum absolute atomic E-state index is 0.0375. The summed E-state index contributed by atoms with van der Waals surface area (Å²) < 4.78 is 28.0. The van der Waals surface area contributed by atoms with Crippen LogP contribution in [0.15, 0.2) is 9.64 Å². The zero-order chi connectivity index (χ0) is 14.2. The Balaban J connectivity index is 1.44. The molecule has 0 aromatic carbocycles. The van der Waals surface area contributed by atoms with Gasteiger partial charge in [0.15, 0.2) is 9.84 Å². The van der Waals surface area contributed by atoms with Gasteiger partial charge in [0.1, 0.15) is 0 Å². The average Bonchev–Trinajstić information content (AvgIpc) is 3.03. The van der Waals surface area contributed by atoms with Crippen molar-refractivity contribution in [1.29, 1.82) is 0 Å². The summed E-state index contributed by atoms with van der Waals surface area (Å²) in [6.45, 7) is 0. The van der Waals surface area contributed by atoms with Crippen LogP contribution in [0.2, 0.25) is 0 Å². The van der Waals surface area contributed by atoms with Crippen molar-refractivity contribution in [3.05, 3.63) is 5.89 Å². The van der Waals surface area contributed by atoms with Gasteiger partial charge in [-0.15, -0.1) is 10.2 Å². The molecular weight excluding hydrogens is 302 g/mol. The van der Waals surface area contributed by atoms with E-state index in [0.717, 1.165) is 12.8 Å². The third-order valence-corrected chi connectivity index (χ3v) is 5.86. The molecular formula is C11H15N3O4S2. The molecule has 1 aromatic heterocycles. The van der Waals surface area contributed by atoms with E-state index in [4.69, 9.17) is 4.42 Å². The van der Waals surface area contributed by atoms with Gasteiger partial charge in [0, 0.05) is 12.0 Å². The Bertz CT molecular complexity index is 609. The Morgan fingerprint density at radius 2 is 2.15 bits per heavy atom. The molecule has 7 nitrogen and oxygen atoms in total. The predicted molar refractivity (Wildman–Crippen MR) is 72.2 cm³/mol. The SMILES string of the molecule is O=C(CSc1nnc(C2CC2)o1)N[C@H]1CCS(=O)(=O)C1. The molecule has 2 aliphatic rings. The minimum Gasteiger partial charge on any atom is -0.416 e. The standard InChI is InChI=1S/C11H15N3O4S2/c15-9(12-8-3-4-20(16,17)6-8)5-19-11-14-13-10(18-11)7-1-2-7/h7-8H,1-6H2,(H,12,15)/t8-/m0/s1. The number of amides is 1. The molecule has 1 saturated carbocycles. The highest BCUT2D eigenvalue weighted by molar-refractivity contribution is 7.99. The van der Waals surface area contributed by atoms with E-state index in [1.54, 1.807) is 0 Å². The lowest BCUT2D eigenvalue weighted by Gasteiger charge is -2.09. The fourth-order valence-electron chi connectivity index (χ4n) is 2.08. The molecule has 1 atom stereocenters. The van der Waals surface area contributed by atoms with Crippen molar-refractivity contribution in [2.24, 2.45) is 0 Å². The smallest absolute Gasteiger partial charge is 0.277 e. The summed E-state index contributed by atoms with van der Waals surface area (Å²) in [4.78, 5) is 11.7. The molecule has 1 aliphatic carbocycles. The number of nitrogens with one attached hydrogen (secondary N) is 1. The van der Waals surface area contributed by atoms with E-state index >= 15 is 0 Å². The third kappa shape index (κ3) is 3.51. The molecule has 1 saturated heterocycles. The van der Waals surface area contributed by atoms with Crippen LogP contribution in [-0.4, -0.2) is 47.8 Å². The summed E-state index contributed by atoms with van der Waals surface area (Å²) in [7, 11) is -2.97. The zero-order valence-electron chi connectivity index (χ0n) is 10.7. The Kier molecular flexibility index (Phi) is 3.72. The molecule has 0 radical (unpaired) electrons. The largest absolute Gasteiger partial charge is 0.416 e. The first-order chi connectivity index (χ1) is 9.52. The van der Waals surface area contributed by atoms with Crippen LogP contribution in [0.4, 0.5) is 0 Å². The molecule has 3 rings (SSSR count). The molecule has 0 unspecified atom stereocenters. The highest BCUT2D eigenvalue weighted by atomic mass is 32.2. The number of nitrogens with zero attached hydrogens (tertiary/aromatic N) is 2. The van der Waals surface area contributed by atoms with E-state index in [2.05, 4.69) is 15.5 Å². The van der Waals surface area contributed by atoms with Gasteiger partial charge in [-0.1, -0.05) is 11.8 Å². The number of carbonyl (C=O) groups is 1. The second kappa shape index (κ2) is 5.36. The topological polar surface area (TPSA) is 102 Å². The number of thioether (sulfide) groups is 1. The van der Waals surface area contributed by atoms with E-state index < -0.39 is 9.84 Å². The number of carbonyl (C=O) groups excluding carboxylic acids is 1. The summed E-state index contributed by atoms with van der Waals surface area (Å²) in [5, 5.41) is 10.9. The molecule has 2 heterocycles. The first-order valence-electron chi connectivity index (χ1n) is 6.48. The predicted octanol–water partition coefficient (Wildman–Crippen LogP) is 0.342. The summed E-state index contributed by atoms with van der Waals surface area (Å²) in [5.74, 6) is 1.19. The van der Waals surface area contributed by atoms with Crippen molar-refractivity contribution in [3.63, 3.8) is 0 Å². The summed E-state index contributed by atoms with van der Waals surface area (Å²) in [6, 6.07) is -0.266. The Labute approximate surface area is 120 Å². The van der Waals surface area contributed by atoms with Gasteiger partial charge in [0.05, 0.1) is 17.3 Å². The number of rotatable bonds is 5. The number of hydrogen-bond donors (Lipinski definition) is 1. The Morgan fingerprint density at radius 3 is 2.80 bits per heavy atom. The van der Waals surface area contributed by atoms with Crippen molar-refractivity contribution in [3.8, 4) is 0 Å². The zero-order valence-corrected chi connectivity index (χ0v) is 12.4. The fourth-order valence-corrected chi connectivity index (χ4v) is 4.33. The lowest BCUT2D eigenvalue weighted by molar-refractivity contribution is -0.119. The molecule has 1 aromatic rings. The lowest BCUT2D eigenvalue weighted by atomic mass is 10.3. The molecule has 9 heteroatoms. The van der Waals surface area contributed by atoms with Gasteiger partial charge in [-0.25, -0.2) is 8.42 Å². The van der Waals surface area contributed by atoms with Crippen LogP contribution in [0, 0.1) is 0 Å². The van der Waals surface area contributed by atoms with Crippen molar-refractivity contribution in [2.75, 3.05) is 17.3 Å². The number of sulfone groups is 1. The second-order valence-electron chi connectivity index (χ2n) is 5.14. The van der Waals surface area contributed by atoms with Crippen molar-refractivity contribution >= 4 is 27.5 Å². The fraction of sp³-hybridized carbons (Fsp3) is 0.727. The maximum Gasteiger partial charge on any atom is 0.277 e. The molecule has 1 amide bonds. The van der Waals surface area contributed by atoms with Gasteiger partial charge in [0.2, 0.25) is 11.8 Å². The normalized spacial score (nSPS) is 24.7. The van der Waals surface area contributed by atoms with E-state index in [-0.39, 0.29) is 29.2 Å². The molecule has 0 spiro atoms. The first-order valence-corrected chi connectivity index (χ1v) is 9.28. The molecule has 0 bridgehead atoms. The van der Waals surface area contributed by atoms with Gasteiger partial charge >= 0.3 is 0 Å². The van der Waals surface area contributed by atoms with Gasteiger partial charge in [-0.2, -0.15) is 0 Å². The second-order valence-corrected chi connectivity index (χ2v) is 8.29. The summed E-state index contributed by atoms with van der Waals surface area (Å²) in [6.07, 6.45) is 2.66. The van der Waals surface area contributed by atoms with Gasteiger partial charge < -0.3 is 9.73 Å². The number of aromatic nitrogens is 2.